The molecular weight excluding hydrogens is 484 g/mol. The van der Waals surface area contributed by atoms with Gasteiger partial charge < -0.3 is 9.47 Å². The van der Waals surface area contributed by atoms with Crippen molar-refractivity contribution in [3.8, 4) is 11.5 Å². The molecule has 2 aromatic rings. The highest BCUT2D eigenvalue weighted by atomic mass is 32.2. The van der Waals surface area contributed by atoms with Crippen LogP contribution in [0.25, 0.3) is 6.08 Å². The van der Waals surface area contributed by atoms with Crippen molar-refractivity contribution in [1.29, 1.82) is 0 Å². The number of rotatable bonds is 11. The number of amides is 1. The standard InChI is InChI=1S/C26H30N2O5S2/c1-5-8-16-33-22-14-11-20(17-23(22)32-4)18-24-25(29)28(15-6-2)26(34-24)27-35(30,31)21-12-9-19(7-3)10-13-21/h6,9-14,17-18H,2,5,7-8,15-16H2,1,3-4H3/b24-18-,27-26?. The number of thioether (sulfide) groups is 1. The molecule has 2 aromatic carbocycles. The second-order valence-corrected chi connectivity index (χ2v) is 10.4. The summed E-state index contributed by atoms with van der Waals surface area (Å²) in [5.41, 5.74) is 1.75. The van der Waals surface area contributed by atoms with Gasteiger partial charge in [-0.15, -0.1) is 11.0 Å². The lowest BCUT2D eigenvalue weighted by molar-refractivity contribution is -0.121. The Labute approximate surface area is 211 Å². The molecule has 0 spiro atoms. The molecule has 35 heavy (non-hydrogen) atoms. The van der Waals surface area contributed by atoms with Crippen LogP contribution in [0.15, 0.2) is 69.3 Å². The molecule has 3 rings (SSSR count). The fourth-order valence-electron chi connectivity index (χ4n) is 3.29. The second-order valence-electron chi connectivity index (χ2n) is 7.77. The molecular formula is C26H30N2O5S2. The van der Waals surface area contributed by atoms with Gasteiger partial charge in [0.15, 0.2) is 16.7 Å². The van der Waals surface area contributed by atoms with E-state index >= 15 is 0 Å². The van der Waals surface area contributed by atoms with Crippen LogP contribution in [0.5, 0.6) is 11.5 Å². The molecule has 1 heterocycles. The Kier molecular flexibility index (Phi) is 9.17. The fourth-order valence-corrected chi connectivity index (χ4v) is 5.48. The molecule has 0 unspecified atom stereocenters. The zero-order valence-electron chi connectivity index (χ0n) is 20.2. The molecule has 7 nitrogen and oxygen atoms in total. The van der Waals surface area contributed by atoms with Crippen molar-refractivity contribution < 1.29 is 22.7 Å². The Balaban J connectivity index is 1.91. The summed E-state index contributed by atoms with van der Waals surface area (Å²) in [6.07, 6.45) is 5.98. The Bertz CT molecular complexity index is 1230. The van der Waals surface area contributed by atoms with Gasteiger partial charge in [-0.2, -0.15) is 8.42 Å². The van der Waals surface area contributed by atoms with Gasteiger partial charge in [-0.3, -0.25) is 9.69 Å². The quantitative estimate of drug-likeness (QED) is 0.230. The molecule has 186 valence electrons. The van der Waals surface area contributed by atoms with E-state index in [1.165, 1.54) is 23.1 Å². The van der Waals surface area contributed by atoms with Crippen LogP contribution in [0.2, 0.25) is 0 Å². The predicted octanol–water partition coefficient (Wildman–Crippen LogP) is 5.28. The van der Waals surface area contributed by atoms with Crippen LogP contribution in [0.4, 0.5) is 0 Å². The van der Waals surface area contributed by atoms with Gasteiger partial charge in [-0.05, 0) is 66.1 Å². The Hall–Kier alpha value is -3.04. The third-order valence-corrected chi connectivity index (χ3v) is 7.67. The van der Waals surface area contributed by atoms with Crippen LogP contribution < -0.4 is 9.47 Å². The van der Waals surface area contributed by atoms with Crippen molar-refractivity contribution in [1.82, 2.24) is 4.90 Å². The maximum atomic E-state index is 13.1. The highest BCUT2D eigenvalue weighted by molar-refractivity contribution is 8.19. The summed E-state index contributed by atoms with van der Waals surface area (Å²) in [6, 6.07) is 12.0. The molecule has 0 bridgehead atoms. The number of carbonyl (C=O) groups excluding carboxylic acids is 1. The maximum Gasteiger partial charge on any atom is 0.284 e. The molecule has 1 aliphatic rings. The number of methoxy groups -OCH3 is 1. The lowest BCUT2D eigenvalue weighted by Crippen LogP contribution is -2.29. The number of nitrogens with zero attached hydrogens (tertiary/aromatic N) is 2. The fraction of sp³-hybridized carbons (Fsp3) is 0.308. The first-order valence-corrected chi connectivity index (χ1v) is 13.7. The second kappa shape index (κ2) is 12.1. The van der Waals surface area contributed by atoms with Gasteiger partial charge in [0.25, 0.3) is 15.9 Å². The van der Waals surface area contributed by atoms with Gasteiger partial charge in [0, 0.05) is 6.54 Å². The molecule has 0 saturated carbocycles. The number of aryl methyl sites for hydroxylation is 1. The van der Waals surface area contributed by atoms with E-state index in [1.807, 2.05) is 13.0 Å². The van der Waals surface area contributed by atoms with E-state index in [-0.39, 0.29) is 22.5 Å². The van der Waals surface area contributed by atoms with Gasteiger partial charge in [0.1, 0.15) is 0 Å². The number of benzene rings is 2. The molecule has 0 aromatic heterocycles. The highest BCUT2D eigenvalue weighted by Crippen LogP contribution is 2.35. The Morgan fingerprint density at radius 3 is 2.49 bits per heavy atom. The lowest BCUT2D eigenvalue weighted by atomic mass is 10.2. The lowest BCUT2D eigenvalue weighted by Gasteiger charge is -2.12. The van der Waals surface area contributed by atoms with Crippen LogP contribution in [-0.2, 0) is 21.2 Å². The number of sulfonamides is 1. The van der Waals surface area contributed by atoms with Gasteiger partial charge in [0.05, 0.1) is 23.5 Å². The Morgan fingerprint density at radius 2 is 1.86 bits per heavy atom. The van der Waals surface area contributed by atoms with Crippen molar-refractivity contribution in [2.45, 2.75) is 38.0 Å². The first-order chi connectivity index (χ1) is 16.8. The van der Waals surface area contributed by atoms with E-state index in [9.17, 15) is 13.2 Å². The van der Waals surface area contributed by atoms with Gasteiger partial charge in [0.2, 0.25) is 0 Å². The van der Waals surface area contributed by atoms with Crippen molar-refractivity contribution in [3.05, 3.63) is 71.2 Å². The first kappa shape index (κ1) is 26.6. The molecule has 1 saturated heterocycles. The van der Waals surface area contributed by atoms with Crippen LogP contribution in [0, 0.1) is 0 Å². The SMILES string of the molecule is C=CCN1C(=O)/C(=C/c2ccc(OCCCC)c(OC)c2)SC1=NS(=O)(=O)c1ccc(CC)cc1. The van der Waals surface area contributed by atoms with Crippen LogP contribution in [-0.4, -0.2) is 44.7 Å². The zero-order chi connectivity index (χ0) is 25.4. The average Bonchev–Trinajstić information content (AvgIpc) is 3.13. The normalized spacial score (nSPS) is 16.2. The number of unbranched alkanes of at least 4 members (excludes halogenated alkanes) is 1. The summed E-state index contributed by atoms with van der Waals surface area (Å²) in [7, 11) is -2.43. The van der Waals surface area contributed by atoms with Crippen molar-refractivity contribution in [2.75, 3.05) is 20.3 Å². The smallest absolute Gasteiger partial charge is 0.284 e. The number of amidine groups is 1. The number of hydrogen-bond acceptors (Lipinski definition) is 6. The van der Waals surface area contributed by atoms with Crippen LogP contribution in [0.3, 0.4) is 0 Å². The van der Waals surface area contributed by atoms with Crippen LogP contribution >= 0.6 is 11.8 Å². The largest absolute Gasteiger partial charge is 0.493 e. The predicted molar refractivity (Wildman–Crippen MR) is 141 cm³/mol. The van der Waals surface area contributed by atoms with E-state index in [1.54, 1.807) is 37.5 Å². The Morgan fingerprint density at radius 1 is 1.11 bits per heavy atom. The van der Waals surface area contributed by atoms with E-state index in [4.69, 9.17) is 9.47 Å². The number of ether oxygens (including phenoxy) is 2. The van der Waals surface area contributed by atoms with Crippen molar-refractivity contribution in [3.63, 3.8) is 0 Å². The van der Waals surface area contributed by atoms with Crippen molar-refractivity contribution in [2.24, 2.45) is 4.40 Å². The highest BCUT2D eigenvalue weighted by Gasteiger charge is 2.34. The minimum Gasteiger partial charge on any atom is -0.493 e. The molecule has 1 amide bonds. The zero-order valence-corrected chi connectivity index (χ0v) is 21.8. The summed E-state index contributed by atoms with van der Waals surface area (Å²) < 4.78 is 41.1. The molecule has 0 radical (unpaired) electrons. The molecule has 1 aliphatic heterocycles. The van der Waals surface area contributed by atoms with Gasteiger partial charge in [-0.1, -0.05) is 44.5 Å². The minimum absolute atomic E-state index is 0.0784. The topological polar surface area (TPSA) is 85.3 Å². The van der Waals surface area contributed by atoms with E-state index < -0.39 is 10.0 Å². The summed E-state index contributed by atoms with van der Waals surface area (Å²) in [6.45, 7) is 8.50. The minimum atomic E-state index is -3.99. The summed E-state index contributed by atoms with van der Waals surface area (Å²) in [5.74, 6) is 0.845. The van der Waals surface area contributed by atoms with E-state index in [0.29, 0.717) is 23.0 Å². The number of hydrogen-bond donors (Lipinski definition) is 0. The molecule has 0 aliphatic carbocycles. The molecule has 9 heteroatoms. The van der Waals surface area contributed by atoms with E-state index in [0.717, 1.165) is 42.2 Å². The molecule has 1 fully saturated rings. The first-order valence-electron chi connectivity index (χ1n) is 11.4. The van der Waals surface area contributed by atoms with Gasteiger partial charge >= 0.3 is 0 Å². The summed E-state index contributed by atoms with van der Waals surface area (Å²) >= 11 is 1.01. The number of carbonyl (C=O) groups is 1. The van der Waals surface area contributed by atoms with E-state index in [2.05, 4.69) is 17.9 Å². The summed E-state index contributed by atoms with van der Waals surface area (Å²) in [5, 5.41) is 0.0900. The average molecular weight is 515 g/mol. The third-order valence-electron chi connectivity index (χ3n) is 5.27. The van der Waals surface area contributed by atoms with Crippen LogP contribution in [0.1, 0.15) is 37.8 Å². The summed E-state index contributed by atoms with van der Waals surface area (Å²) in [4.78, 5) is 14.8. The molecule has 0 N–H and O–H groups in total. The molecule has 0 atom stereocenters. The third kappa shape index (κ3) is 6.55. The monoisotopic (exact) mass is 514 g/mol. The maximum absolute atomic E-state index is 13.1. The van der Waals surface area contributed by atoms with Crippen molar-refractivity contribution >= 4 is 38.9 Å². The van der Waals surface area contributed by atoms with Gasteiger partial charge in [-0.25, -0.2) is 0 Å².